The van der Waals surface area contributed by atoms with Gasteiger partial charge >= 0.3 is 0 Å². The first kappa shape index (κ1) is 8.19. The van der Waals surface area contributed by atoms with E-state index in [0.29, 0.717) is 13.0 Å². The molecule has 0 fully saturated rings. The number of carbonyl (C=O) groups excluding carboxylic acids is 1. The Kier molecular flexibility index (Phi) is 2.23. The van der Waals surface area contributed by atoms with Crippen LogP contribution in [0.25, 0.3) is 10.1 Å². The van der Waals surface area contributed by atoms with E-state index in [1.807, 2.05) is 23.7 Å². The van der Waals surface area contributed by atoms with Crippen molar-refractivity contribution in [1.29, 1.82) is 0 Å². The molecule has 2 aromatic rings. The molecule has 0 spiro atoms. The quantitative estimate of drug-likeness (QED) is 0.749. The molecule has 0 atom stereocenters. The molecule has 0 aliphatic rings. The molecule has 2 heterocycles. The minimum Gasteiger partial charge on any atom is -0.353 e. The largest absolute Gasteiger partial charge is 0.353 e. The second-order valence-corrected chi connectivity index (χ2v) is 3.58. The number of nitrogens with one attached hydrogen (secondary N) is 1. The second kappa shape index (κ2) is 3.53. The molecule has 0 saturated heterocycles. The van der Waals surface area contributed by atoms with E-state index >= 15 is 0 Å². The maximum Gasteiger partial charge on any atom is 0.207 e. The van der Waals surface area contributed by atoms with E-state index in [-0.39, 0.29) is 0 Å². The average Bonchev–Trinajstić information content (AvgIpc) is 2.61. The van der Waals surface area contributed by atoms with Crippen LogP contribution in [0.5, 0.6) is 0 Å². The third kappa shape index (κ3) is 1.67. The van der Waals surface area contributed by atoms with Crippen LogP contribution < -0.4 is 5.32 Å². The van der Waals surface area contributed by atoms with Gasteiger partial charge in [-0.05, 0) is 22.9 Å². The number of aromatic nitrogens is 1. The highest BCUT2D eigenvalue weighted by Gasteiger charge is 1.97. The summed E-state index contributed by atoms with van der Waals surface area (Å²) in [6.07, 6.45) is 2.52. The molecule has 1 amide bonds. The van der Waals surface area contributed by atoms with E-state index in [1.54, 1.807) is 11.3 Å². The molecule has 0 aromatic carbocycles. The lowest BCUT2D eigenvalue weighted by atomic mass is 10.3. The summed E-state index contributed by atoms with van der Waals surface area (Å²) in [6.45, 7) is 0.495. The maximum absolute atomic E-state index is 10.1. The molecule has 66 valence electrons. The van der Waals surface area contributed by atoms with E-state index in [0.717, 1.165) is 5.69 Å². The van der Waals surface area contributed by atoms with Gasteiger partial charge in [-0.2, -0.15) is 0 Å². The smallest absolute Gasteiger partial charge is 0.207 e. The fraction of sp³-hybridized carbons (Fsp3) is 0.111. The van der Waals surface area contributed by atoms with E-state index in [9.17, 15) is 4.79 Å². The normalized spacial score (nSPS) is 10.2. The Morgan fingerprint density at radius 2 is 2.54 bits per heavy atom. The molecule has 0 aliphatic carbocycles. The zero-order chi connectivity index (χ0) is 9.10. The van der Waals surface area contributed by atoms with Crippen LogP contribution in [0.4, 0.5) is 0 Å². The number of carbonyl (C=O) groups is 1. The number of thiophene rings is 1. The number of pyridine rings is 1. The number of amides is 1. The number of hydrogen-bond donors (Lipinski definition) is 1. The van der Waals surface area contributed by atoms with Crippen molar-refractivity contribution in [1.82, 2.24) is 10.3 Å². The van der Waals surface area contributed by atoms with Crippen LogP contribution in [-0.4, -0.2) is 11.4 Å². The van der Waals surface area contributed by atoms with Crippen LogP contribution in [0.1, 0.15) is 5.69 Å². The van der Waals surface area contributed by atoms with Crippen LogP contribution in [-0.2, 0) is 11.3 Å². The first-order valence-corrected chi connectivity index (χ1v) is 4.77. The predicted molar refractivity (Wildman–Crippen MR) is 52.5 cm³/mol. The topological polar surface area (TPSA) is 42.0 Å². The summed E-state index contributed by atoms with van der Waals surface area (Å²) < 4.78 is 1.18. The molecule has 3 nitrogen and oxygen atoms in total. The van der Waals surface area contributed by atoms with Crippen molar-refractivity contribution in [3.8, 4) is 0 Å². The van der Waals surface area contributed by atoms with Gasteiger partial charge in [-0.1, -0.05) is 0 Å². The SMILES string of the molecule is O=CNCc1cc2ccsc2cn1. The molecule has 1 N–H and O–H groups in total. The molecule has 2 aromatic heterocycles. The molecule has 13 heavy (non-hydrogen) atoms. The zero-order valence-electron chi connectivity index (χ0n) is 6.86. The maximum atomic E-state index is 10.1. The summed E-state index contributed by atoms with van der Waals surface area (Å²) in [7, 11) is 0. The molecule has 0 radical (unpaired) electrons. The van der Waals surface area contributed by atoms with Crippen molar-refractivity contribution in [2.24, 2.45) is 0 Å². The van der Waals surface area contributed by atoms with Gasteiger partial charge in [-0.3, -0.25) is 9.78 Å². The van der Waals surface area contributed by atoms with Crippen LogP contribution in [0.15, 0.2) is 23.7 Å². The van der Waals surface area contributed by atoms with Crippen molar-refractivity contribution in [2.75, 3.05) is 0 Å². The highest BCUT2D eigenvalue weighted by Crippen LogP contribution is 2.19. The molecule has 4 heteroatoms. The van der Waals surface area contributed by atoms with Gasteiger partial charge in [0.05, 0.1) is 16.9 Å². The lowest BCUT2D eigenvalue weighted by Crippen LogP contribution is -2.10. The Balaban J connectivity index is 2.31. The van der Waals surface area contributed by atoms with Gasteiger partial charge in [0.15, 0.2) is 0 Å². The van der Waals surface area contributed by atoms with Gasteiger partial charge in [0.2, 0.25) is 6.41 Å². The molecule has 0 saturated carbocycles. The third-order valence-corrected chi connectivity index (χ3v) is 2.63. The Bertz CT molecular complexity index is 424. The summed E-state index contributed by atoms with van der Waals surface area (Å²) >= 11 is 1.67. The van der Waals surface area contributed by atoms with Crippen molar-refractivity contribution >= 4 is 27.8 Å². The lowest BCUT2D eigenvalue weighted by Gasteiger charge is -1.97. The third-order valence-electron chi connectivity index (χ3n) is 1.76. The van der Waals surface area contributed by atoms with Crippen LogP contribution in [0, 0.1) is 0 Å². The standard InChI is InChI=1S/C9H8N2OS/c12-6-10-4-8-3-7-1-2-13-9(7)5-11-8/h1-3,5-6H,4H2,(H,10,12). The van der Waals surface area contributed by atoms with Gasteiger partial charge < -0.3 is 5.32 Å². The van der Waals surface area contributed by atoms with Gasteiger partial charge in [-0.15, -0.1) is 11.3 Å². The summed E-state index contributed by atoms with van der Waals surface area (Å²) in [6, 6.07) is 4.04. The Hall–Kier alpha value is -1.42. The van der Waals surface area contributed by atoms with E-state index in [4.69, 9.17) is 0 Å². The molecular weight excluding hydrogens is 184 g/mol. The number of hydrogen-bond acceptors (Lipinski definition) is 3. The number of fused-ring (bicyclic) bond motifs is 1. The summed E-state index contributed by atoms with van der Waals surface area (Å²) in [4.78, 5) is 14.3. The molecule has 0 bridgehead atoms. The van der Waals surface area contributed by atoms with Gasteiger partial charge in [0.1, 0.15) is 0 Å². The van der Waals surface area contributed by atoms with Crippen molar-refractivity contribution in [3.63, 3.8) is 0 Å². The average molecular weight is 192 g/mol. The second-order valence-electron chi connectivity index (χ2n) is 2.63. The highest BCUT2D eigenvalue weighted by atomic mass is 32.1. The molecular formula is C9H8N2OS. The fourth-order valence-electron chi connectivity index (χ4n) is 1.16. The van der Waals surface area contributed by atoms with Crippen LogP contribution >= 0.6 is 11.3 Å². The minimum atomic E-state index is 0.495. The van der Waals surface area contributed by atoms with Crippen LogP contribution in [0.2, 0.25) is 0 Å². The Morgan fingerprint density at radius 3 is 3.38 bits per heavy atom. The summed E-state index contributed by atoms with van der Waals surface area (Å²) in [5, 5.41) is 5.80. The minimum absolute atomic E-state index is 0.495. The van der Waals surface area contributed by atoms with E-state index < -0.39 is 0 Å². The van der Waals surface area contributed by atoms with Gasteiger partial charge in [-0.25, -0.2) is 0 Å². The van der Waals surface area contributed by atoms with Crippen molar-refractivity contribution in [3.05, 3.63) is 29.4 Å². The predicted octanol–water partition coefficient (Wildman–Crippen LogP) is 1.54. The molecule has 0 aliphatic heterocycles. The lowest BCUT2D eigenvalue weighted by molar-refractivity contribution is -0.109. The highest BCUT2D eigenvalue weighted by molar-refractivity contribution is 7.17. The van der Waals surface area contributed by atoms with Crippen LogP contribution in [0.3, 0.4) is 0 Å². The molecule has 2 rings (SSSR count). The zero-order valence-corrected chi connectivity index (χ0v) is 7.67. The van der Waals surface area contributed by atoms with Crippen molar-refractivity contribution in [2.45, 2.75) is 6.54 Å². The van der Waals surface area contributed by atoms with Gasteiger partial charge in [0, 0.05) is 6.20 Å². The fourth-order valence-corrected chi connectivity index (χ4v) is 1.89. The Labute approximate surface area is 79.4 Å². The number of rotatable bonds is 3. The van der Waals surface area contributed by atoms with Crippen molar-refractivity contribution < 1.29 is 4.79 Å². The Morgan fingerprint density at radius 1 is 1.62 bits per heavy atom. The van der Waals surface area contributed by atoms with E-state index in [2.05, 4.69) is 10.3 Å². The monoisotopic (exact) mass is 192 g/mol. The first-order valence-electron chi connectivity index (χ1n) is 3.89. The number of nitrogens with zero attached hydrogens (tertiary/aromatic N) is 1. The summed E-state index contributed by atoms with van der Waals surface area (Å²) in [5.41, 5.74) is 0.887. The van der Waals surface area contributed by atoms with E-state index in [1.165, 1.54) is 10.1 Å². The summed E-state index contributed by atoms with van der Waals surface area (Å²) in [5.74, 6) is 0. The van der Waals surface area contributed by atoms with Gasteiger partial charge in [0.25, 0.3) is 0 Å². The molecule has 0 unspecified atom stereocenters. The first-order chi connectivity index (χ1) is 6.40.